The third-order valence-electron chi connectivity index (χ3n) is 5.92. The van der Waals surface area contributed by atoms with Gasteiger partial charge < -0.3 is 14.9 Å². The Morgan fingerprint density at radius 1 is 1.21 bits per heavy atom. The fraction of sp³-hybridized carbons (Fsp3) is 0.750. The highest BCUT2D eigenvalue weighted by Crippen LogP contribution is 2.43. The Balaban J connectivity index is 1.59. The lowest BCUT2D eigenvalue weighted by Gasteiger charge is -2.41. The van der Waals surface area contributed by atoms with Gasteiger partial charge in [0, 0.05) is 12.3 Å². The standard InChI is InChI=1S/C20H30O4/c1-12-8-14-7-6-13(2)17(20(14)18(22)9-12)5-3-4-16-10-15(21)11-19(23)24-16/h6-8,12-13,15-18,20-22H,3-5,9-11H2,1-2H3/t12-,13-,15+,16+,17-,18-,20-/m0/s1. The Morgan fingerprint density at radius 3 is 2.75 bits per heavy atom. The maximum Gasteiger partial charge on any atom is 0.308 e. The molecule has 1 fully saturated rings. The van der Waals surface area contributed by atoms with Crippen molar-refractivity contribution in [3.63, 3.8) is 0 Å². The molecule has 0 aromatic carbocycles. The zero-order valence-electron chi connectivity index (χ0n) is 14.7. The van der Waals surface area contributed by atoms with Crippen molar-refractivity contribution >= 4 is 5.97 Å². The van der Waals surface area contributed by atoms with Gasteiger partial charge in [0.15, 0.2) is 0 Å². The molecule has 1 saturated heterocycles. The summed E-state index contributed by atoms with van der Waals surface area (Å²) in [6, 6.07) is 0. The minimum atomic E-state index is -0.552. The van der Waals surface area contributed by atoms with Crippen molar-refractivity contribution in [2.45, 2.75) is 70.7 Å². The first-order valence-corrected chi connectivity index (χ1v) is 9.39. The predicted molar refractivity (Wildman–Crippen MR) is 92.1 cm³/mol. The van der Waals surface area contributed by atoms with Gasteiger partial charge in [0.2, 0.25) is 0 Å². The van der Waals surface area contributed by atoms with Crippen LogP contribution in [0.15, 0.2) is 23.8 Å². The van der Waals surface area contributed by atoms with Crippen molar-refractivity contribution in [1.82, 2.24) is 0 Å². The zero-order valence-corrected chi connectivity index (χ0v) is 14.7. The number of esters is 1. The second-order valence-electron chi connectivity index (χ2n) is 7.99. The number of ether oxygens (including phenoxy) is 1. The minimum absolute atomic E-state index is 0.127. The van der Waals surface area contributed by atoms with Crippen LogP contribution in [-0.2, 0) is 9.53 Å². The number of allylic oxidation sites excluding steroid dienone is 3. The summed E-state index contributed by atoms with van der Waals surface area (Å²) in [5.41, 5.74) is 1.30. The monoisotopic (exact) mass is 334 g/mol. The van der Waals surface area contributed by atoms with Gasteiger partial charge in [-0.25, -0.2) is 0 Å². The molecule has 0 aromatic rings. The highest BCUT2D eigenvalue weighted by atomic mass is 16.5. The fourth-order valence-corrected chi connectivity index (χ4v) is 4.75. The first-order valence-electron chi connectivity index (χ1n) is 9.39. The number of hydrogen-bond donors (Lipinski definition) is 2. The SMILES string of the molecule is C[C@H]1C=C2C=C[C@H](C)[C@H](CCC[C@@H]3C[C@@H](O)CC(=O)O3)[C@H]2[C@@H](O)C1. The van der Waals surface area contributed by atoms with Gasteiger partial charge in [-0.15, -0.1) is 0 Å². The fourth-order valence-electron chi connectivity index (χ4n) is 4.75. The first kappa shape index (κ1) is 17.7. The van der Waals surface area contributed by atoms with Crippen LogP contribution in [0.1, 0.15) is 52.4 Å². The molecule has 0 unspecified atom stereocenters. The molecule has 0 radical (unpaired) electrons. The second kappa shape index (κ2) is 7.40. The van der Waals surface area contributed by atoms with E-state index in [0.717, 1.165) is 25.7 Å². The van der Waals surface area contributed by atoms with Crippen molar-refractivity contribution in [3.8, 4) is 0 Å². The van der Waals surface area contributed by atoms with Crippen molar-refractivity contribution in [1.29, 1.82) is 0 Å². The summed E-state index contributed by atoms with van der Waals surface area (Å²) >= 11 is 0. The number of carbonyl (C=O) groups excluding carboxylic acids is 1. The highest BCUT2D eigenvalue weighted by Gasteiger charge is 2.38. The van der Waals surface area contributed by atoms with Crippen LogP contribution < -0.4 is 0 Å². The third kappa shape index (κ3) is 3.92. The number of aliphatic hydroxyl groups is 2. The lowest BCUT2D eigenvalue weighted by atomic mass is 9.65. The van der Waals surface area contributed by atoms with Crippen molar-refractivity contribution in [2.75, 3.05) is 0 Å². The van der Waals surface area contributed by atoms with E-state index in [9.17, 15) is 15.0 Å². The lowest BCUT2D eigenvalue weighted by Crippen LogP contribution is -2.38. The number of carbonyl (C=O) groups is 1. The van der Waals surface area contributed by atoms with Crippen molar-refractivity contribution < 1.29 is 19.7 Å². The van der Waals surface area contributed by atoms with Gasteiger partial charge in [0.25, 0.3) is 0 Å². The van der Waals surface area contributed by atoms with Gasteiger partial charge in [-0.05, 0) is 49.0 Å². The lowest BCUT2D eigenvalue weighted by molar-refractivity contribution is -0.160. The average Bonchev–Trinajstić information content (AvgIpc) is 2.48. The van der Waals surface area contributed by atoms with Crippen LogP contribution in [0.5, 0.6) is 0 Å². The molecule has 0 amide bonds. The summed E-state index contributed by atoms with van der Waals surface area (Å²) in [7, 11) is 0. The van der Waals surface area contributed by atoms with Gasteiger partial charge in [-0.3, -0.25) is 4.79 Å². The van der Waals surface area contributed by atoms with Crippen LogP contribution in [0, 0.1) is 23.7 Å². The Hall–Kier alpha value is -1.13. The number of cyclic esters (lactones) is 1. The molecule has 7 atom stereocenters. The number of aliphatic hydroxyl groups excluding tert-OH is 2. The van der Waals surface area contributed by atoms with Gasteiger partial charge in [-0.1, -0.05) is 32.1 Å². The van der Waals surface area contributed by atoms with E-state index in [-0.39, 0.29) is 30.5 Å². The van der Waals surface area contributed by atoms with E-state index < -0.39 is 6.10 Å². The smallest absolute Gasteiger partial charge is 0.308 e. The molecule has 1 aliphatic heterocycles. The number of hydrogen-bond acceptors (Lipinski definition) is 4. The molecule has 4 heteroatoms. The van der Waals surface area contributed by atoms with E-state index in [0.29, 0.717) is 24.2 Å². The molecule has 134 valence electrons. The van der Waals surface area contributed by atoms with Gasteiger partial charge >= 0.3 is 5.97 Å². The Kier molecular flexibility index (Phi) is 5.46. The summed E-state index contributed by atoms with van der Waals surface area (Å²) < 4.78 is 5.34. The minimum Gasteiger partial charge on any atom is -0.462 e. The number of fused-ring (bicyclic) bond motifs is 1. The van der Waals surface area contributed by atoms with E-state index in [1.54, 1.807) is 0 Å². The topological polar surface area (TPSA) is 66.8 Å². The maximum atomic E-state index is 11.4. The van der Waals surface area contributed by atoms with E-state index in [2.05, 4.69) is 32.1 Å². The molecule has 2 N–H and O–H groups in total. The summed E-state index contributed by atoms with van der Waals surface area (Å²) in [4.78, 5) is 11.4. The third-order valence-corrected chi connectivity index (χ3v) is 5.92. The van der Waals surface area contributed by atoms with E-state index in [1.165, 1.54) is 5.57 Å². The van der Waals surface area contributed by atoms with Gasteiger partial charge in [-0.2, -0.15) is 0 Å². The molecule has 0 spiro atoms. The molecule has 3 aliphatic rings. The molecule has 0 aromatic heterocycles. The molecule has 2 aliphatic carbocycles. The van der Waals surface area contributed by atoms with Crippen LogP contribution in [0.25, 0.3) is 0 Å². The largest absolute Gasteiger partial charge is 0.462 e. The molecule has 1 heterocycles. The Morgan fingerprint density at radius 2 is 2.00 bits per heavy atom. The summed E-state index contributed by atoms with van der Waals surface area (Å²) in [5, 5.41) is 20.3. The molecule has 3 rings (SSSR count). The number of rotatable bonds is 4. The quantitative estimate of drug-likeness (QED) is 0.776. The second-order valence-corrected chi connectivity index (χ2v) is 7.99. The zero-order chi connectivity index (χ0) is 17.3. The Bertz CT molecular complexity index is 524. The molecule has 0 saturated carbocycles. The van der Waals surface area contributed by atoms with E-state index >= 15 is 0 Å². The predicted octanol–water partition coefficient (Wildman–Crippen LogP) is 2.99. The Labute approximate surface area is 144 Å². The molecular weight excluding hydrogens is 304 g/mol. The van der Waals surface area contributed by atoms with E-state index in [4.69, 9.17) is 4.74 Å². The van der Waals surface area contributed by atoms with Crippen molar-refractivity contribution in [3.05, 3.63) is 23.8 Å². The van der Waals surface area contributed by atoms with Crippen LogP contribution in [0.2, 0.25) is 0 Å². The first-order chi connectivity index (χ1) is 11.4. The van der Waals surface area contributed by atoms with Crippen molar-refractivity contribution in [2.24, 2.45) is 23.7 Å². The molecular formula is C20H30O4. The van der Waals surface area contributed by atoms with Gasteiger partial charge in [0.1, 0.15) is 6.10 Å². The maximum absolute atomic E-state index is 11.4. The molecule has 4 nitrogen and oxygen atoms in total. The van der Waals surface area contributed by atoms with Crippen LogP contribution in [0.3, 0.4) is 0 Å². The molecule has 0 bridgehead atoms. The van der Waals surface area contributed by atoms with Crippen LogP contribution in [-0.4, -0.2) is 34.5 Å². The van der Waals surface area contributed by atoms with E-state index in [1.807, 2.05) is 0 Å². The van der Waals surface area contributed by atoms with Gasteiger partial charge in [0.05, 0.1) is 18.6 Å². The van der Waals surface area contributed by atoms with Crippen LogP contribution in [0.4, 0.5) is 0 Å². The normalized spacial score (nSPS) is 42.2. The van der Waals surface area contributed by atoms with Crippen LogP contribution >= 0.6 is 0 Å². The average molecular weight is 334 g/mol. The highest BCUT2D eigenvalue weighted by molar-refractivity contribution is 5.70. The summed E-state index contributed by atoms with van der Waals surface area (Å²) in [5.74, 6) is 1.28. The summed E-state index contributed by atoms with van der Waals surface area (Å²) in [6.07, 6.45) is 10.1. The molecule has 24 heavy (non-hydrogen) atoms. The summed E-state index contributed by atoms with van der Waals surface area (Å²) in [6.45, 7) is 4.39.